The molecule has 0 aliphatic carbocycles. The fourth-order valence-corrected chi connectivity index (χ4v) is 5.30. The van der Waals surface area contributed by atoms with Crippen LogP contribution in [0.2, 0.25) is 0 Å². The van der Waals surface area contributed by atoms with Crippen molar-refractivity contribution >= 4 is 35.6 Å². The molecular weight excluding hydrogens is 472 g/mol. The highest BCUT2D eigenvalue weighted by Gasteiger charge is 2.38. The van der Waals surface area contributed by atoms with Crippen LogP contribution in [0.15, 0.2) is 24.3 Å². The van der Waals surface area contributed by atoms with Gasteiger partial charge in [-0.15, -0.1) is 0 Å². The zero-order chi connectivity index (χ0) is 26.9. The van der Waals surface area contributed by atoms with E-state index in [4.69, 9.17) is 0 Å². The fourth-order valence-electron chi connectivity index (χ4n) is 5.30. The highest BCUT2D eigenvalue weighted by Crippen LogP contribution is 2.35. The lowest BCUT2D eigenvalue weighted by atomic mass is 9.84. The molecule has 0 radical (unpaired) electrons. The van der Waals surface area contributed by atoms with Gasteiger partial charge in [-0.3, -0.25) is 19.2 Å². The molecular formula is C28H41N4O5+. The number of benzene rings is 1. The van der Waals surface area contributed by atoms with Gasteiger partial charge in [-0.25, -0.2) is 4.58 Å². The first kappa shape index (κ1) is 28.3. The van der Waals surface area contributed by atoms with Gasteiger partial charge in [-0.05, 0) is 31.6 Å². The zero-order valence-corrected chi connectivity index (χ0v) is 22.2. The molecule has 0 saturated heterocycles. The Balaban J connectivity index is 1.87. The average Bonchev–Trinajstić information content (AvgIpc) is 3.19. The van der Waals surface area contributed by atoms with Crippen molar-refractivity contribution in [1.82, 2.24) is 16.0 Å². The van der Waals surface area contributed by atoms with E-state index in [1.165, 1.54) is 6.92 Å². The summed E-state index contributed by atoms with van der Waals surface area (Å²) in [5.41, 5.74) is 2.26. The van der Waals surface area contributed by atoms with E-state index in [-0.39, 0.29) is 30.2 Å². The third-order valence-corrected chi connectivity index (χ3v) is 7.19. The SMILES string of the molecule is CC(=O)NCC(C(=O)O)[C@@H](CC(C)C)C(=O)N[C@H]1CC2C=[N+](CCCCCCNC1=O)c1ccccc12. The van der Waals surface area contributed by atoms with Crippen molar-refractivity contribution in [2.75, 3.05) is 19.6 Å². The molecule has 3 amide bonds. The normalized spacial score (nSPS) is 21.7. The van der Waals surface area contributed by atoms with Gasteiger partial charge < -0.3 is 21.1 Å². The van der Waals surface area contributed by atoms with E-state index in [0.29, 0.717) is 19.4 Å². The van der Waals surface area contributed by atoms with E-state index in [1.807, 2.05) is 26.0 Å². The highest BCUT2D eigenvalue weighted by atomic mass is 16.4. The number of carbonyl (C=O) groups is 4. The van der Waals surface area contributed by atoms with Crippen molar-refractivity contribution in [3.05, 3.63) is 29.8 Å². The zero-order valence-electron chi connectivity index (χ0n) is 22.2. The Hall–Kier alpha value is -3.23. The molecule has 2 aliphatic heterocycles. The molecule has 2 aliphatic rings. The second-order valence-corrected chi connectivity index (χ2v) is 10.6. The largest absolute Gasteiger partial charge is 0.481 e. The number of amides is 3. The topological polar surface area (TPSA) is 128 Å². The average molecular weight is 514 g/mol. The number of hydrogen-bond acceptors (Lipinski definition) is 4. The quantitative estimate of drug-likeness (QED) is 0.397. The van der Waals surface area contributed by atoms with E-state index in [1.54, 1.807) is 0 Å². The van der Waals surface area contributed by atoms with E-state index >= 15 is 0 Å². The summed E-state index contributed by atoms with van der Waals surface area (Å²) in [5.74, 6) is -4.23. The summed E-state index contributed by atoms with van der Waals surface area (Å²) in [6.07, 6.45) is 6.87. The summed E-state index contributed by atoms with van der Waals surface area (Å²) in [6.45, 7) is 6.45. The standard InChI is InChI=1S/C28H40N4O5/c1-18(2)14-22(23(28(36)37)16-30-19(3)33)26(34)31-24-15-20-17-32(25-11-7-6-10-21(20)25)13-9-5-4-8-12-29-27(24)35/h6-7,10-11,17-18,20,22-24H,4-5,8-9,12-16H2,1-3H3,(H3-,29,30,31,33,34,35,36,37)/p+1/t20?,22-,23?,24+/m1/s1. The molecule has 37 heavy (non-hydrogen) atoms. The molecule has 2 bridgehead atoms. The van der Waals surface area contributed by atoms with Crippen LogP contribution in [0.5, 0.6) is 0 Å². The van der Waals surface area contributed by atoms with Gasteiger partial charge in [0.05, 0.1) is 17.8 Å². The number of nitrogens with one attached hydrogen (secondary N) is 3. The van der Waals surface area contributed by atoms with Crippen LogP contribution in [0.25, 0.3) is 0 Å². The predicted molar refractivity (Wildman–Crippen MR) is 141 cm³/mol. The molecule has 9 heteroatoms. The van der Waals surface area contributed by atoms with Crippen molar-refractivity contribution in [2.45, 2.75) is 71.3 Å². The number of hydrogen-bond donors (Lipinski definition) is 4. The maximum atomic E-state index is 13.6. The second-order valence-electron chi connectivity index (χ2n) is 10.6. The third kappa shape index (κ3) is 7.87. The van der Waals surface area contributed by atoms with E-state index in [2.05, 4.69) is 38.9 Å². The molecule has 4 atom stereocenters. The maximum Gasteiger partial charge on any atom is 0.309 e. The lowest BCUT2D eigenvalue weighted by molar-refractivity contribution is -0.433. The predicted octanol–water partition coefficient (Wildman–Crippen LogP) is 2.56. The Morgan fingerprint density at radius 2 is 1.84 bits per heavy atom. The first-order valence-electron chi connectivity index (χ1n) is 13.4. The molecule has 3 rings (SSSR count). The molecule has 0 spiro atoms. The molecule has 2 heterocycles. The molecule has 202 valence electrons. The van der Waals surface area contributed by atoms with Crippen molar-refractivity contribution in [1.29, 1.82) is 0 Å². The summed E-state index contributed by atoms with van der Waals surface area (Å²) >= 11 is 0. The molecule has 2 unspecified atom stereocenters. The van der Waals surface area contributed by atoms with Crippen LogP contribution < -0.4 is 16.0 Å². The smallest absolute Gasteiger partial charge is 0.309 e. The van der Waals surface area contributed by atoms with Gasteiger partial charge >= 0.3 is 5.97 Å². The second kappa shape index (κ2) is 13.4. The van der Waals surface area contributed by atoms with Gasteiger partial charge in [0.1, 0.15) is 12.6 Å². The fraction of sp³-hybridized carbons (Fsp3) is 0.607. The monoisotopic (exact) mass is 513 g/mol. The third-order valence-electron chi connectivity index (χ3n) is 7.19. The van der Waals surface area contributed by atoms with Crippen LogP contribution in [0, 0.1) is 17.8 Å². The van der Waals surface area contributed by atoms with Gasteiger partial charge in [0.15, 0.2) is 6.21 Å². The molecule has 1 aromatic rings. The van der Waals surface area contributed by atoms with Crippen LogP contribution in [-0.4, -0.2) is 65.3 Å². The minimum Gasteiger partial charge on any atom is -0.481 e. The van der Waals surface area contributed by atoms with E-state index < -0.39 is 29.8 Å². The first-order chi connectivity index (χ1) is 17.7. The van der Waals surface area contributed by atoms with Gasteiger partial charge in [0, 0.05) is 38.1 Å². The Bertz CT molecular complexity index is 1020. The number of carboxylic acid groups (broad SMARTS) is 1. The summed E-state index contributed by atoms with van der Waals surface area (Å²) in [5, 5.41) is 18.3. The Morgan fingerprint density at radius 1 is 1.11 bits per heavy atom. The van der Waals surface area contributed by atoms with Crippen LogP contribution in [0.1, 0.15) is 70.8 Å². The Morgan fingerprint density at radius 3 is 2.54 bits per heavy atom. The number of aliphatic carboxylic acids is 1. The number of carbonyl (C=O) groups excluding carboxylic acids is 3. The summed E-state index contributed by atoms with van der Waals surface area (Å²) < 4.78 is 2.25. The van der Waals surface area contributed by atoms with E-state index in [0.717, 1.165) is 43.5 Å². The lowest BCUT2D eigenvalue weighted by Crippen LogP contribution is -2.52. The molecule has 4 N–H and O–H groups in total. The van der Waals surface area contributed by atoms with Gasteiger partial charge in [0.2, 0.25) is 23.4 Å². The van der Waals surface area contributed by atoms with Gasteiger partial charge in [-0.2, -0.15) is 0 Å². The Kier molecular flexibility index (Phi) is 10.2. The lowest BCUT2D eigenvalue weighted by Gasteiger charge is -2.28. The minimum absolute atomic E-state index is 0.0485. The first-order valence-corrected chi connectivity index (χ1v) is 13.4. The van der Waals surface area contributed by atoms with Crippen LogP contribution in [-0.2, 0) is 19.2 Å². The van der Waals surface area contributed by atoms with Crippen LogP contribution in [0.3, 0.4) is 0 Å². The van der Waals surface area contributed by atoms with Crippen molar-refractivity contribution in [2.24, 2.45) is 17.8 Å². The number of carboxylic acids is 1. The number of fused-ring (bicyclic) bond motifs is 4. The number of rotatable bonds is 8. The van der Waals surface area contributed by atoms with Crippen molar-refractivity contribution in [3.8, 4) is 0 Å². The minimum atomic E-state index is -1.15. The van der Waals surface area contributed by atoms with Crippen LogP contribution in [0.4, 0.5) is 5.69 Å². The highest BCUT2D eigenvalue weighted by molar-refractivity contribution is 5.91. The number of para-hydroxylation sites is 1. The summed E-state index contributed by atoms with van der Waals surface area (Å²) in [4.78, 5) is 50.4. The van der Waals surface area contributed by atoms with Crippen molar-refractivity contribution in [3.63, 3.8) is 0 Å². The summed E-state index contributed by atoms with van der Waals surface area (Å²) in [7, 11) is 0. The van der Waals surface area contributed by atoms with Crippen molar-refractivity contribution < 1.29 is 28.9 Å². The molecule has 1 aromatic carbocycles. The van der Waals surface area contributed by atoms with E-state index in [9.17, 15) is 24.3 Å². The van der Waals surface area contributed by atoms with Crippen LogP contribution >= 0.6 is 0 Å². The Labute approximate surface area is 219 Å². The van der Waals surface area contributed by atoms with Gasteiger partial charge in [-0.1, -0.05) is 38.5 Å². The number of nitrogens with zero attached hydrogens (tertiary/aromatic N) is 1. The molecule has 9 nitrogen and oxygen atoms in total. The maximum absolute atomic E-state index is 13.6. The van der Waals surface area contributed by atoms with Gasteiger partial charge in [0.25, 0.3) is 0 Å². The summed E-state index contributed by atoms with van der Waals surface area (Å²) in [6, 6.07) is 7.33. The molecule has 0 fully saturated rings. The molecule has 0 saturated carbocycles. The molecule has 0 aromatic heterocycles.